The van der Waals surface area contributed by atoms with Crippen molar-refractivity contribution in [1.29, 1.82) is 0 Å². The zero-order valence-electron chi connectivity index (χ0n) is 16.9. The van der Waals surface area contributed by atoms with Gasteiger partial charge in [-0.25, -0.2) is 4.98 Å². The Balaban J connectivity index is 1.84. The van der Waals surface area contributed by atoms with Crippen LogP contribution in [0.25, 0.3) is 11.0 Å². The predicted octanol–water partition coefficient (Wildman–Crippen LogP) is 5.28. The van der Waals surface area contributed by atoms with Gasteiger partial charge in [0.05, 0.1) is 22.7 Å². The van der Waals surface area contributed by atoms with E-state index in [0.717, 1.165) is 16.1 Å². The number of fused-ring (bicyclic) bond motifs is 2. The third-order valence-electron chi connectivity index (χ3n) is 5.56. The Kier molecular flexibility index (Phi) is 4.42. The molecule has 0 radical (unpaired) electrons. The Morgan fingerprint density at radius 2 is 1.94 bits per heavy atom. The monoisotopic (exact) mass is 452 g/mol. The molecule has 1 aliphatic heterocycles. The van der Waals surface area contributed by atoms with Crippen molar-refractivity contribution in [3.8, 4) is 5.75 Å². The maximum absolute atomic E-state index is 13.6. The van der Waals surface area contributed by atoms with Gasteiger partial charge in [0.1, 0.15) is 11.3 Å². The first-order valence-corrected chi connectivity index (χ1v) is 10.8. The van der Waals surface area contributed by atoms with Crippen LogP contribution in [0.5, 0.6) is 5.75 Å². The highest BCUT2D eigenvalue weighted by atomic mass is 35.5. The molecule has 0 saturated heterocycles. The van der Waals surface area contributed by atoms with Crippen LogP contribution in [0.3, 0.4) is 0 Å². The van der Waals surface area contributed by atoms with E-state index in [1.165, 1.54) is 22.3 Å². The van der Waals surface area contributed by atoms with Crippen LogP contribution >= 0.6 is 22.9 Å². The molecule has 156 valence electrons. The molecule has 0 bridgehead atoms. The maximum Gasteiger partial charge on any atom is 0.297 e. The third kappa shape index (κ3) is 2.96. The van der Waals surface area contributed by atoms with Gasteiger partial charge < -0.3 is 9.52 Å². The molecule has 0 spiro atoms. The van der Waals surface area contributed by atoms with Crippen molar-refractivity contribution in [3.05, 3.63) is 84.7 Å². The molecule has 0 saturated carbocycles. The fourth-order valence-electron chi connectivity index (χ4n) is 3.86. The van der Waals surface area contributed by atoms with Crippen LogP contribution in [0, 0.1) is 20.8 Å². The summed E-state index contributed by atoms with van der Waals surface area (Å²) >= 11 is 7.63. The molecule has 0 aliphatic carbocycles. The van der Waals surface area contributed by atoms with Crippen LogP contribution in [0.4, 0.5) is 5.13 Å². The minimum Gasteiger partial charge on any atom is -0.508 e. The first-order valence-electron chi connectivity index (χ1n) is 9.59. The molecule has 2 aromatic carbocycles. The van der Waals surface area contributed by atoms with Gasteiger partial charge in [0.2, 0.25) is 5.76 Å². The second kappa shape index (κ2) is 6.93. The van der Waals surface area contributed by atoms with Gasteiger partial charge >= 0.3 is 0 Å². The maximum atomic E-state index is 13.6. The standard InChI is InChI=1S/C23H17ClN2O4S/c1-10-7-17-15(9-16(10)24)20(28)18-19(13-5-4-6-14(27)8-13)26(22(29)21(18)30-17)23-25-11(2)12(3)31-23/h4-9,19,27H,1-3H3. The van der Waals surface area contributed by atoms with Gasteiger partial charge in [0.25, 0.3) is 5.91 Å². The van der Waals surface area contributed by atoms with Gasteiger partial charge in [0, 0.05) is 9.90 Å². The van der Waals surface area contributed by atoms with Gasteiger partial charge in [-0.2, -0.15) is 0 Å². The quantitative estimate of drug-likeness (QED) is 0.447. The molecule has 8 heteroatoms. The van der Waals surface area contributed by atoms with E-state index in [4.69, 9.17) is 16.0 Å². The van der Waals surface area contributed by atoms with Crippen LogP contribution < -0.4 is 10.3 Å². The lowest BCUT2D eigenvalue weighted by Crippen LogP contribution is -2.29. The van der Waals surface area contributed by atoms with Crippen molar-refractivity contribution in [3.63, 3.8) is 0 Å². The molecule has 1 unspecified atom stereocenters. The average Bonchev–Trinajstić information content (AvgIpc) is 3.20. The Morgan fingerprint density at radius 3 is 2.61 bits per heavy atom. The van der Waals surface area contributed by atoms with Crippen LogP contribution in [0.1, 0.15) is 43.9 Å². The molecule has 5 rings (SSSR count). The van der Waals surface area contributed by atoms with Crippen molar-refractivity contribution >= 4 is 44.9 Å². The van der Waals surface area contributed by atoms with Crippen LogP contribution in [-0.4, -0.2) is 16.0 Å². The van der Waals surface area contributed by atoms with Crippen molar-refractivity contribution < 1.29 is 14.3 Å². The normalized spacial score (nSPS) is 15.7. The zero-order valence-corrected chi connectivity index (χ0v) is 18.5. The topological polar surface area (TPSA) is 83.6 Å². The van der Waals surface area contributed by atoms with Crippen LogP contribution in [0.2, 0.25) is 5.02 Å². The van der Waals surface area contributed by atoms with Crippen molar-refractivity contribution in [2.45, 2.75) is 26.8 Å². The highest BCUT2D eigenvalue weighted by Crippen LogP contribution is 2.43. The van der Waals surface area contributed by atoms with Crippen molar-refractivity contribution in [2.75, 3.05) is 4.90 Å². The molecule has 4 aromatic rings. The summed E-state index contributed by atoms with van der Waals surface area (Å²) in [6.45, 7) is 5.60. The number of rotatable bonds is 2. The number of amides is 1. The number of phenols is 1. The van der Waals surface area contributed by atoms with Crippen LogP contribution in [0.15, 0.2) is 45.6 Å². The lowest BCUT2D eigenvalue weighted by Gasteiger charge is -2.22. The number of aromatic nitrogens is 1. The van der Waals surface area contributed by atoms with Gasteiger partial charge in [-0.15, -0.1) is 11.3 Å². The highest BCUT2D eigenvalue weighted by molar-refractivity contribution is 7.15. The zero-order chi connectivity index (χ0) is 22.0. The number of aryl methyl sites for hydroxylation is 3. The van der Waals surface area contributed by atoms with E-state index < -0.39 is 11.9 Å². The van der Waals surface area contributed by atoms with Crippen LogP contribution in [-0.2, 0) is 0 Å². The molecular weight excluding hydrogens is 436 g/mol. The summed E-state index contributed by atoms with van der Waals surface area (Å²) in [5, 5.41) is 11.3. The minimum atomic E-state index is -0.778. The number of halogens is 1. The number of hydrogen-bond acceptors (Lipinski definition) is 6. The van der Waals surface area contributed by atoms with E-state index >= 15 is 0 Å². The number of nitrogens with zero attached hydrogens (tertiary/aromatic N) is 2. The highest BCUT2D eigenvalue weighted by Gasteiger charge is 2.45. The largest absolute Gasteiger partial charge is 0.508 e. The second-order valence-electron chi connectivity index (χ2n) is 7.58. The number of phenolic OH excluding ortho intramolecular Hbond substituents is 1. The molecule has 1 amide bonds. The van der Waals surface area contributed by atoms with E-state index in [1.54, 1.807) is 37.3 Å². The summed E-state index contributed by atoms with van der Waals surface area (Å²) in [5.74, 6) is -0.421. The van der Waals surface area contributed by atoms with Gasteiger partial charge in [-0.3, -0.25) is 14.5 Å². The fourth-order valence-corrected chi connectivity index (χ4v) is 4.96. The Bertz CT molecular complexity index is 1440. The number of benzene rings is 2. The number of hydrogen-bond donors (Lipinski definition) is 1. The predicted molar refractivity (Wildman–Crippen MR) is 121 cm³/mol. The summed E-state index contributed by atoms with van der Waals surface area (Å²) in [6.07, 6.45) is 0. The minimum absolute atomic E-state index is 0.0157. The molecule has 0 fully saturated rings. The number of anilines is 1. The lowest BCUT2D eigenvalue weighted by molar-refractivity contribution is 0.0971. The van der Waals surface area contributed by atoms with Crippen molar-refractivity contribution in [1.82, 2.24) is 4.98 Å². The van der Waals surface area contributed by atoms with E-state index in [9.17, 15) is 14.7 Å². The number of carbonyl (C=O) groups excluding carboxylic acids is 1. The summed E-state index contributed by atoms with van der Waals surface area (Å²) in [7, 11) is 0. The van der Waals surface area contributed by atoms with E-state index in [-0.39, 0.29) is 22.5 Å². The van der Waals surface area contributed by atoms with E-state index in [0.29, 0.717) is 26.7 Å². The molecular formula is C23H17ClN2O4S. The summed E-state index contributed by atoms with van der Waals surface area (Å²) in [5.41, 5.74) is 2.34. The first-order chi connectivity index (χ1) is 14.8. The Morgan fingerprint density at radius 1 is 1.16 bits per heavy atom. The van der Waals surface area contributed by atoms with Gasteiger partial charge in [-0.05, 0) is 56.2 Å². The Hall–Kier alpha value is -3.16. The molecule has 2 aromatic heterocycles. The van der Waals surface area contributed by atoms with Gasteiger partial charge in [-0.1, -0.05) is 23.7 Å². The van der Waals surface area contributed by atoms with E-state index in [2.05, 4.69) is 4.98 Å². The molecule has 1 N–H and O–H groups in total. The lowest BCUT2D eigenvalue weighted by atomic mass is 9.98. The number of thiazole rings is 1. The third-order valence-corrected chi connectivity index (χ3v) is 7.04. The van der Waals surface area contributed by atoms with Crippen molar-refractivity contribution in [2.24, 2.45) is 0 Å². The Labute approximate surface area is 186 Å². The summed E-state index contributed by atoms with van der Waals surface area (Å²) < 4.78 is 5.97. The molecule has 1 atom stereocenters. The first kappa shape index (κ1) is 19.8. The number of carbonyl (C=O) groups is 1. The SMILES string of the molecule is Cc1cc2oc3c(c(=O)c2cc1Cl)C(c1cccc(O)c1)N(c1nc(C)c(C)s1)C3=O. The van der Waals surface area contributed by atoms with Gasteiger partial charge in [0.15, 0.2) is 10.6 Å². The molecule has 6 nitrogen and oxygen atoms in total. The summed E-state index contributed by atoms with van der Waals surface area (Å²) in [6, 6.07) is 8.97. The molecule has 31 heavy (non-hydrogen) atoms. The fraction of sp³-hybridized carbons (Fsp3) is 0.174. The number of aromatic hydroxyl groups is 1. The summed E-state index contributed by atoms with van der Waals surface area (Å²) in [4.78, 5) is 34.1. The second-order valence-corrected chi connectivity index (χ2v) is 9.17. The molecule has 3 heterocycles. The average molecular weight is 453 g/mol. The smallest absolute Gasteiger partial charge is 0.297 e. The van der Waals surface area contributed by atoms with E-state index in [1.807, 2.05) is 13.8 Å². The molecule has 1 aliphatic rings.